The van der Waals surface area contributed by atoms with Crippen molar-refractivity contribution in [3.63, 3.8) is 0 Å². The standard InChI is InChI=1S/C9H16ClNO2/c10-4-1-5-11-6-2-8(3-7-11)9(12)13/h8H,1-7H2,(H,12,13). The predicted octanol–water partition coefficient (Wildman–Crippen LogP) is 1.41. The number of carboxylic acids is 1. The number of halogens is 1. The fraction of sp³-hybridized carbons (Fsp3) is 0.889. The number of piperidine rings is 1. The molecule has 1 saturated heterocycles. The summed E-state index contributed by atoms with van der Waals surface area (Å²) >= 11 is 5.58. The van der Waals surface area contributed by atoms with Crippen LogP contribution in [0.15, 0.2) is 0 Å². The number of likely N-dealkylation sites (tertiary alicyclic amines) is 1. The highest BCUT2D eigenvalue weighted by Crippen LogP contribution is 2.17. The molecule has 76 valence electrons. The average molecular weight is 206 g/mol. The Labute approximate surface area is 83.7 Å². The third-order valence-electron chi connectivity index (χ3n) is 2.54. The Bertz CT molecular complexity index is 167. The van der Waals surface area contributed by atoms with Crippen molar-refractivity contribution in [1.29, 1.82) is 0 Å². The monoisotopic (exact) mass is 205 g/mol. The molecule has 1 heterocycles. The number of hydrogen-bond acceptors (Lipinski definition) is 2. The summed E-state index contributed by atoms with van der Waals surface area (Å²) in [7, 11) is 0. The van der Waals surface area contributed by atoms with E-state index in [1.807, 2.05) is 0 Å². The van der Waals surface area contributed by atoms with Gasteiger partial charge in [0.05, 0.1) is 5.92 Å². The summed E-state index contributed by atoms with van der Waals surface area (Å²) in [6.07, 6.45) is 2.58. The molecular formula is C9H16ClNO2. The van der Waals surface area contributed by atoms with Crippen molar-refractivity contribution in [3.05, 3.63) is 0 Å². The van der Waals surface area contributed by atoms with E-state index < -0.39 is 5.97 Å². The highest BCUT2D eigenvalue weighted by molar-refractivity contribution is 6.17. The van der Waals surface area contributed by atoms with Crippen LogP contribution in [-0.4, -0.2) is 41.5 Å². The zero-order valence-electron chi connectivity index (χ0n) is 7.71. The maximum Gasteiger partial charge on any atom is 0.306 e. The first-order valence-corrected chi connectivity index (χ1v) is 5.28. The molecule has 0 spiro atoms. The maximum absolute atomic E-state index is 10.6. The van der Waals surface area contributed by atoms with Gasteiger partial charge in [0, 0.05) is 5.88 Å². The molecule has 0 bridgehead atoms. The number of aliphatic carboxylic acids is 1. The first kappa shape index (κ1) is 10.8. The zero-order valence-corrected chi connectivity index (χ0v) is 8.46. The van der Waals surface area contributed by atoms with Crippen LogP contribution in [0.25, 0.3) is 0 Å². The Morgan fingerprint density at radius 1 is 1.46 bits per heavy atom. The highest BCUT2D eigenvalue weighted by Gasteiger charge is 2.23. The smallest absolute Gasteiger partial charge is 0.306 e. The van der Waals surface area contributed by atoms with Crippen LogP contribution >= 0.6 is 11.6 Å². The number of rotatable bonds is 4. The molecule has 0 atom stereocenters. The van der Waals surface area contributed by atoms with E-state index in [-0.39, 0.29) is 5.92 Å². The van der Waals surface area contributed by atoms with Gasteiger partial charge in [0.15, 0.2) is 0 Å². The van der Waals surface area contributed by atoms with Gasteiger partial charge in [-0.05, 0) is 38.9 Å². The molecule has 1 fully saturated rings. The van der Waals surface area contributed by atoms with Crippen LogP contribution < -0.4 is 0 Å². The van der Waals surface area contributed by atoms with Gasteiger partial charge in [0.25, 0.3) is 0 Å². The summed E-state index contributed by atoms with van der Waals surface area (Å²) in [4.78, 5) is 12.9. The van der Waals surface area contributed by atoms with Crippen molar-refractivity contribution in [2.24, 2.45) is 5.92 Å². The predicted molar refractivity (Wildman–Crippen MR) is 52.1 cm³/mol. The molecule has 1 aliphatic rings. The summed E-state index contributed by atoms with van der Waals surface area (Å²) in [5.41, 5.74) is 0. The van der Waals surface area contributed by atoms with Crippen LogP contribution in [0.1, 0.15) is 19.3 Å². The zero-order chi connectivity index (χ0) is 9.68. The van der Waals surface area contributed by atoms with Crippen molar-refractivity contribution >= 4 is 17.6 Å². The Balaban J connectivity index is 2.18. The van der Waals surface area contributed by atoms with Crippen LogP contribution in [0.5, 0.6) is 0 Å². The van der Waals surface area contributed by atoms with Crippen molar-refractivity contribution in [2.75, 3.05) is 25.5 Å². The van der Waals surface area contributed by atoms with Gasteiger partial charge in [-0.3, -0.25) is 4.79 Å². The molecule has 13 heavy (non-hydrogen) atoms. The molecule has 0 unspecified atom stereocenters. The number of alkyl halides is 1. The van der Waals surface area contributed by atoms with Gasteiger partial charge in [0.1, 0.15) is 0 Å². The lowest BCUT2D eigenvalue weighted by Gasteiger charge is -2.29. The van der Waals surface area contributed by atoms with E-state index in [1.54, 1.807) is 0 Å². The average Bonchev–Trinajstić information content (AvgIpc) is 2.15. The molecule has 0 aromatic heterocycles. The highest BCUT2D eigenvalue weighted by atomic mass is 35.5. The Morgan fingerprint density at radius 2 is 2.08 bits per heavy atom. The van der Waals surface area contributed by atoms with Crippen LogP contribution in [-0.2, 0) is 4.79 Å². The lowest BCUT2D eigenvalue weighted by molar-refractivity contribution is -0.143. The number of nitrogens with zero attached hydrogens (tertiary/aromatic N) is 1. The van der Waals surface area contributed by atoms with E-state index in [1.165, 1.54) is 0 Å². The molecule has 0 saturated carbocycles. The first-order valence-electron chi connectivity index (χ1n) is 4.75. The fourth-order valence-corrected chi connectivity index (χ4v) is 1.81. The van der Waals surface area contributed by atoms with Gasteiger partial charge in [-0.25, -0.2) is 0 Å². The summed E-state index contributed by atoms with van der Waals surface area (Å²) in [6, 6.07) is 0. The van der Waals surface area contributed by atoms with Gasteiger partial charge >= 0.3 is 5.97 Å². The molecule has 1 aliphatic heterocycles. The van der Waals surface area contributed by atoms with Crippen LogP contribution in [0.4, 0.5) is 0 Å². The number of carboxylic acid groups (broad SMARTS) is 1. The SMILES string of the molecule is O=C(O)C1CCN(CCCCl)CC1. The van der Waals surface area contributed by atoms with Gasteiger partial charge in [0.2, 0.25) is 0 Å². The number of hydrogen-bond donors (Lipinski definition) is 1. The number of carbonyl (C=O) groups is 1. The van der Waals surface area contributed by atoms with E-state index in [9.17, 15) is 4.79 Å². The van der Waals surface area contributed by atoms with Gasteiger partial charge in [-0.1, -0.05) is 0 Å². The van der Waals surface area contributed by atoms with E-state index in [0.717, 1.165) is 38.9 Å². The van der Waals surface area contributed by atoms with Crippen LogP contribution in [0.2, 0.25) is 0 Å². The van der Waals surface area contributed by atoms with Gasteiger partial charge in [-0.2, -0.15) is 0 Å². The normalized spacial score (nSPS) is 20.4. The molecule has 0 aromatic rings. The second-order valence-electron chi connectivity index (χ2n) is 3.50. The second kappa shape index (κ2) is 5.45. The minimum atomic E-state index is -0.642. The molecule has 1 rings (SSSR count). The third kappa shape index (κ3) is 3.53. The van der Waals surface area contributed by atoms with Gasteiger partial charge in [-0.15, -0.1) is 11.6 Å². The molecule has 1 N–H and O–H groups in total. The fourth-order valence-electron chi connectivity index (χ4n) is 1.69. The van der Waals surface area contributed by atoms with E-state index in [0.29, 0.717) is 5.88 Å². The van der Waals surface area contributed by atoms with Crippen molar-refractivity contribution in [3.8, 4) is 0 Å². The molecule has 0 amide bonds. The summed E-state index contributed by atoms with van der Waals surface area (Å²) < 4.78 is 0. The molecule has 4 heteroatoms. The maximum atomic E-state index is 10.6. The Hall–Kier alpha value is -0.280. The van der Waals surface area contributed by atoms with Crippen LogP contribution in [0.3, 0.4) is 0 Å². The van der Waals surface area contributed by atoms with Crippen molar-refractivity contribution in [1.82, 2.24) is 4.90 Å². The first-order chi connectivity index (χ1) is 6.24. The second-order valence-corrected chi connectivity index (χ2v) is 3.87. The largest absolute Gasteiger partial charge is 0.481 e. The summed E-state index contributed by atoms with van der Waals surface area (Å²) in [6.45, 7) is 2.83. The summed E-state index contributed by atoms with van der Waals surface area (Å²) in [5, 5.41) is 8.76. The lowest BCUT2D eigenvalue weighted by atomic mass is 9.97. The molecule has 0 aromatic carbocycles. The summed E-state index contributed by atoms with van der Waals surface area (Å²) in [5.74, 6) is -0.0666. The quantitative estimate of drug-likeness (QED) is 0.706. The molecule has 0 radical (unpaired) electrons. The van der Waals surface area contributed by atoms with Gasteiger partial charge < -0.3 is 10.0 Å². The topological polar surface area (TPSA) is 40.5 Å². The minimum Gasteiger partial charge on any atom is -0.481 e. The minimum absolute atomic E-state index is 0.118. The molecule has 3 nitrogen and oxygen atoms in total. The lowest BCUT2D eigenvalue weighted by Crippen LogP contribution is -2.36. The third-order valence-corrected chi connectivity index (χ3v) is 2.81. The van der Waals surface area contributed by atoms with Crippen molar-refractivity contribution < 1.29 is 9.90 Å². The molecule has 0 aliphatic carbocycles. The Kier molecular flexibility index (Phi) is 4.53. The van der Waals surface area contributed by atoms with E-state index in [2.05, 4.69) is 4.90 Å². The Morgan fingerprint density at radius 3 is 2.54 bits per heavy atom. The molecular weight excluding hydrogens is 190 g/mol. The van der Waals surface area contributed by atoms with E-state index in [4.69, 9.17) is 16.7 Å². The van der Waals surface area contributed by atoms with E-state index >= 15 is 0 Å². The van der Waals surface area contributed by atoms with Crippen LogP contribution in [0, 0.1) is 5.92 Å². The van der Waals surface area contributed by atoms with Crippen molar-refractivity contribution in [2.45, 2.75) is 19.3 Å².